The fourth-order valence-electron chi connectivity index (χ4n) is 2.25. The van der Waals surface area contributed by atoms with Gasteiger partial charge in [-0.25, -0.2) is 4.79 Å². The summed E-state index contributed by atoms with van der Waals surface area (Å²) in [4.78, 5) is 74.7. The van der Waals surface area contributed by atoms with Gasteiger partial charge >= 0.3 is 5.97 Å². The van der Waals surface area contributed by atoms with Gasteiger partial charge in [0.1, 0.15) is 6.04 Å². The number of carbonyl (C=O) groups excluding carboxylic acids is 6. The minimum Gasteiger partial charge on any atom is -0.343 e. The first-order valence-corrected chi connectivity index (χ1v) is 7.70. The number of carbonyl (C=O) groups is 6. The highest BCUT2D eigenvalue weighted by Crippen LogP contribution is 2.12. The second kappa shape index (κ2) is 7.69. The first kappa shape index (κ1) is 18.3. The Hall–Kier alpha value is -3.04. The zero-order valence-electron chi connectivity index (χ0n) is 13.5. The van der Waals surface area contributed by atoms with E-state index in [0.717, 1.165) is 17.1 Å². The molecule has 0 spiro atoms. The molecule has 134 valence electrons. The lowest BCUT2D eigenvalue weighted by Gasteiger charge is -2.17. The Morgan fingerprint density at radius 2 is 1.68 bits per heavy atom. The van der Waals surface area contributed by atoms with E-state index in [1.54, 1.807) is 0 Å². The lowest BCUT2D eigenvalue weighted by atomic mass is 10.2. The molecule has 0 aromatic heterocycles. The number of amides is 5. The maximum atomic E-state index is 11.8. The molecule has 0 saturated carbocycles. The van der Waals surface area contributed by atoms with Crippen molar-refractivity contribution in [1.29, 1.82) is 0 Å². The largest absolute Gasteiger partial charge is 0.354 e. The molecule has 0 aromatic carbocycles. The van der Waals surface area contributed by atoms with E-state index in [2.05, 4.69) is 10.2 Å². The summed E-state index contributed by atoms with van der Waals surface area (Å²) in [6.07, 6.45) is 2.49. The van der Waals surface area contributed by atoms with Crippen molar-refractivity contribution in [2.24, 2.45) is 0 Å². The van der Waals surface area contributed by atoms with Crippen LogP contribution < -0.4 is 5.32 Å². The van der Waals surface area contributed by atoms with E-state index in [1.165, 1.54) is 6.92 Å². The van der Waals surface area contributed by atoms with Crippen LogP contribution in [-0.2, 0) is 33.6 Å². The molecule has 0 unspecified atom stereocenters. The van der Waals surface area contributed by atoms with Crippen molar-refractivity contribution >= 4 is 35.5 Å². The highest BCUT2D eigenvalue weighted by atomic mass is 16.7. The standard InChI is InChI=1S/C15H17N3O7/c1-9(15(24)25-18-13(22)6-7-14(18)23)16-10(19)3-2-8-17-11(20)4-5-12(17)21/h4-5,9H,2-3,6-8H2,1H3,(H,16,19)/t9-/m0/s1. The van der Waals surface area contributed by atoms with Crippen LogP contribution in [-0.4, -0.2) is 58.1 Å². The molecule has 1 N–H and O–H groups in total. The zero-order chi connectivity index (χ0) is 18.6. The number of rotatable bonds is 7. The molecule has 0 radical (unpaired) electrons. The number of hydrogen-bond donors (Lipinski definition) is 1. The second-order valence-electron chi connectivity index (χ2n) is 5.55. The molecule has 10 heteroatoms. The first-order valence-electron chi connectivity index (χ1n) is 7.70. The van der Waals surface area contributed by atoms with Gasteiger partial charge in [0.15, 0.2) is 0 Å². The first-order chi connectivity index (χ1) is 11.8. The molecule has 1 fully saturated rings. The Kier molecular flexibility index (Phi) is 5.63. The Morgan fingerprint density at radius 1 is 1.12 bits per heavy atom. The topological polar surface area (TPSA) is 130 Å². The molecule has 2 rings (SSSR count). The van der Waals surface area contributed by atoms with E-state index in [4.69, 9.17) is 0 Å². The average molecular weight is 351 g/mol. The average Bonchev–Trinajstić information content (AvgIpc) is 3.04. The minimum absolute atomic E-state index is 0.0176. The normalized spacial score (nSPS) is 18.1. The molecular weight excluding hydrogens is 334 g/mol. The molecule has 0 aliphatic carbocycles. The fourth-order valence-corrected chi connectivity index (χ4v) is 2.25. The minimum atomic E-state index is -1.06. The SMILES string of the molecule is C[C@H](NC(=O)CCCN1C(=O)C=CC1=O)C(=O)ON1C(=O)CCC1=O. The Bertz CT molecular complexity index is 636. The van der Waals surface area contributed by atoms with Crippen molar-refractivity contribution in [2.45, 2.75) is 38.6 Å². The third-order valence-corrected chi connectivity index (χ3v) is 3.60. The quantitative estimate of drug-likeness (QED) is 0.570. The Labute approximate surface area is 142 Å². The molecule has 0 bridgehead atoms. The van der Waals surface area contributed by atoms with Gasteiger partial charge < -0.3 is 10.2 Å². The van der Waals surface area contributed by atoms with Crippen molar-refractivity contribution in [1.82, 2.24) is 15.3 Å². The fraction of sp³-hybridized carbons (Fsp3) is 0.467. The molecule has 25 heavy (non-hydrogen) atoms. The van der Waals surface area contributed by atoms with Crippen molar-refractivity contribution in [2.75, 3.05) is 6.54 Å². The van der Waals surface area contributed by atoms with Crippen LogP contribution in [0.5, 0.6) is 0 Å². The van der Waals surface area contributed by atoms with Crippen LogP contribution >= 0.6 is 0 Å². The van der Waals surface area contributed by atoms with Gasteiger partial charge in [-0.1, -0.05) is 0 Å². The Balaban J connectivity index is 1.71. The molecule has 5 amide bonds. The monoisotopic (exact) mass is 351 g/mol. The third kappa shape index (κ3) is 4.49. The number of nitrogens with one attached hydrogen (secondary N) is 1. The molecule has 1 atom stereocenters. The summed E-state index contributed by atoms with van der Waals surface area (Å²) in [5, 5.41) is 2.77. The van der Waals surface area contributed by atoms with Gasteiger partial charge in [-0.2, -0.15) is 0 Å². The summed E-state index contributed by atoms with van der Waals surface area (Å²) in [6.45, 7) is 1.44. The van der Waals surface area contributed by atoms with Crippen LogP contribution in [0.1, 0.15) is 32.6 Å². The zero-order valence-corrected chi connectivity index (χ0v) is 13.5. The van der Waals surface area contributed by atoms with Gasteiger partial charge in [0, 0.05) is 38.0 Å². The van der Waals surface area contributed by atoms with Gasteiger partial charge in [-0.15, -0.1) is 5.06 Å². The molecular formula is C15H17N3O7. The third-order valence-electron chi connectivity index (χ3n) is 3.60. The highest BCUT2D eigenvalue weighted by molar-refractivity contribution is 6.12. The maximum Gasteiger partial charge on any atom is 0.354 e. The van der Waals surface area contributed by atoms with Crippen LogP contribution in [0.25, 0.3) is 0 Å². The van der Waals surface area contributed by atoms with Crippen molar-refractivity contribution in [3.8, 4) is 0 Å². The predicted molar refractivity (Wildman–Crippen MR) is 79.9 cm³/mol. The number of nitrogens with zero attached hydrogens (tertiary/aromatic N) is 2. The van der Waals surface area contributed by atoms with Crippen LogP contribution in [0, 0.1) is 0 Å². The van der Waals surface area contributed by atoms with Crippen molar-refractivity contribution < 1.29 is 33.6 Å². The smallest absolute Gasteiger partial charge is 0.343 e. The van der Waals surface area contributed by atoms with Crippen LogP contribution in [0.15, 0.2) is 12.2 Å². The van der Waals surface area contributed by atoms with E-state index >= 15 is 0 Å². The summed E-state index contributed by atoms with van der Waals surface area (Å²) < 4.78 is 0. The molecule has 10 nitrogen and oxygen atoms in total. The lowest BCUT2D eigenvalue weighted by Crippen LogP contribution is -2.43. The summed E-state index contributed by atoms with van der Waals surface area (Å²) in [7, 11) is 0. The van der Waals surface area contributed by atoms with Crippen LogP contribution in [0.2, 0.25) is 0 Å². The Morgan fingerprint density at radius 3 is 2.24 bits per heavy atom. The van der Waals surface area contributed by atoms with E-state index in [1.807, 2.05) is 0 Å². The van der Waals surface area contributed by atoms with E-state index in [-0.39, 0.29) is 32.2 Å². The van der Waals surface area contributed by atoms with Gasteiger partial charge in [0.05, 0.1) is 0 Å². The van der Waals surface area contributed by atoms with Crippen molar-refractivity contribution in [3.63, 3.8) is 0 Å². The van der Waals surface area contributed by atoms with Gasteiger partial charge in [0.2, 0.25) is 5.91 Å². The van der Waals surface area contributed by atoms with Crippen molar-refractivity contribution in [3.05, 3.63) is 12.2 Å². The van der Waals surface area contributed by atoms with Gasteiger partial charge in [0.25, 0.3) is 23.6 Å². The molecule has 2 heterocycles. The lowest BCUT2D eigenvalue weighted by molar-refractivity contribution is -0.198. The number of imide groups is 2. The summed E-state index contributed by atoms with van der Waals surface area (Å²) >= 11 is 0. The second-order valence-corrected chi connectivity index (χ2v) is 5.55. The van der Waals surface area contributed by atoms with Gasteiger partial charge in [-0.3, -0.25) is 28.9 Å². The maximum absolute atomic E-state index is 11.8. The van der Waals surface area contributed by atoms with Crippen LogP contribution in [0.3, 0.4) is 0 Å². The molecule has 2 aliphatic rings. The predicted octanol–water partition coefficient (Wildman–Crippen LogP) is -1.20. The van der Waals surface area contributed by atoms with Gasteiger partial charge in [-0.05, 0) is 13.3 Å². The van der Waals surface area contributed by atoms with E-state index in [0.29, 0.717) is 5.06 Å². The van der Waals surface area contributed by atoms with E-state index < -0.39 is 41.5 Å². The number of hydrogen-bond acceptors (Lipinski definition) is 7. The highest BCUT2D eigenvalue weighted by Gasteiger charge is 2.34. The molecule has 0 aromatic rings. The van der Waals surface area contributed by atoms with E-state index in [9.17, 15) is 28.8 Å². The molecule has 1 saturated heterocycles. The number of hydroxylamine groups is 2. The summed E-state index contributed by atoms with van der Waals surface area (Å²) in [5.41, 5.74) is 0. The molecule has 2 aliphatic heterocycles. The summed E-state index contributed by atoms with van der Waals surface area (Å²) in [6, 6.07) is -1.06. The van der Waals surface area contributed by atoms with Crippen LogP contribution in [0.4, 0.5) is 0 Å². The summed E-state index contributed by atoms with van der Waals surface area (Å²) in [5.74, 6) is -3.50.